The number of methoxy groups -OCH3 is 1. The lowest BCUT2D eigenvalue weighted by atomic mass is 10.1. The average Bonchev–Trinajstić information content (AvgIpc) is 3.15. The number of benzene rings is 1. The van der Waals surface area contributed by atoms with Crippen molar-refractivity contribution >= 4 is 33.0 Å². The summed E-state index contributed by atoms with van der Waals surface area (Å²) in [6, 6.07) is 9.88. The third kappa shape index (κ3) is 4.56. The van der Waals surface area contributed by atoms with Gasteiger partial charge in [0.05, 0.1) is 12.8 Å². The predicted molar refractivity (Wildman–Crippen MR) is 104 cm³/mol. The normalized spacial score (nSPS) is 12.7. The van der Waals surface area contributed by atoms with Crippen LogP contribution in [0.4, 0.5) is 5.69 Å². The van der Waals surface area contributed by atoms with Crippen molar-refractivity contribution in [2.75, 3.05) is 18.0 Å². The van der Waals surface area contributed by atoms with E-state index in [2.05, 4.69) is 5.32 Å². The third-order valence-corrected chi connectivity index (χ3v) is 7.20. The van der Waals surface area contributed by atoms with E-state index in [0.717, 1.165) is 15.6 Å². The van der Waals surface area contributed by atoms with Crippen LogP contribution in [0.15, 0.2) is 46.0 Å². The van der Waals surface area contributed by atoms with Gasteiger partial charge in [-0.1, -0.05) is 32.0 Å². The zero-order valence-corrected chi connectivity index (χ0v) is 16.9. The first-order valence-corrected chi connectivity index (χ1v) is 10.6. The number of rotatable bonds is 8. The molecule has 0 saturated carbocycles. The van der Waals surface area contributed by atoms with Gasteiger partial charge in [-0.3, -0.25) is 9.10 Å². The predicted octanol–water partition coefficient (Wildman–Crippen LogP) is 3.11. The zero-order chi connectivity index (χ0) is 19.3. The standard InChI is InChI=1S/C18H24N2O4S2/c1-13(2)14(3)19-17(21)12-20(15-8-5-6-9-16(15)24-4)26(22,23)18-10-7-11-25-18/h5-11,13-14H,12H2,1-4H3,(H,19,21)/t14-/m1/s1. The number of para-hydroxylation sites is 2. The molecule has 0 aliphatic rings. The molecule has 0 unspecified atom stereocenters. The fraction of sp³-hybridized carbons (Fsp3) is 0.389. The molecule has 1 N–H and O–H groups in total. The zero-order valence-electron chi connectivity index (χ0n) is 15.3. The molecule has 2 rings (SSSR count). The lowest BCUT2D eigenvalue weighted by Crippen LogP contribution is -2.44. The maximum atomic E-state index is 13.1. The molecule has 6 nitrogen and oxygen atoms in total. The summed E-state index contributed by atoms with van der Waals surface area (Å²) in [5.74, 6) is 0.266. The molecule has 1 heterocycles. The van der Waals surface area contributed by atoms with Crippen molar-refractivity contribution in [1.82, 2.24) is 5.32 Å². The maximum absolute atomic E-state index is 13.1. The maximum Gasteiger partial charge on any atom is 0.274 e. The highest BCUT2D eigenvalue weighted by atomic mass is 32.2. The second-order valence-corrected chi connectivity index (χ2v) is 9.25. The number of hydrogen-bond acceptors (Lipinski definition) is 5. The number of amides is 1. The molecule has 8 heteroatoms. The Morgan fingerprint density at radius 3 is 2.46 bits per heavy atom. The number of ether oxygens (including phenoxy) is 1. The summed E-state index contributed by atoms with van der Waals surface area (Å²) in [7, 11) is -2.42. The Hall–Kier alpha value is -2.06. The van der Waals surface area contributed by atoms with Crippen molar-refractivity contribution in [2.45, 2.75) is 31.0 Å². The van der Waals surface area contributed by atoms with Gasteiger partial charge in [-0.25, -0.2) is 8.42 Å². The van der Waals surface area contributed by atoms with Crippen LogP contribution in [0.25, 0.3) is 0 Å². The Bertz CT molecular complexity index is 833. The molecule has 142 valence electrons. The van der Waals surface area contributed by atoms with Crippen LogP contribution in [0.5, 0.6) is 5.75 Å². The van der Waals surface area contributed by atoms with E-state index in [1.165, 1.54) is 13.2 Å². The summed E-state index contributed by atoms with van der Waals surface area (Å²) in [5, 5.41) is 4.54. The van der Waals surface area contributed by atoms with E-state index in [9.17, 15) is 13.2 Å². The Balaban J connectivity index is 2.41. The Morgan fingerprint density at radius 1 is 1.19 bits per heavy atom. The monoisotopic (exact) mass is 396 g/mol. The highest BCUT2D eigenvalue weighted by molar-refractivity contribution is 7.94. The lowest BCUT2D eigenvalue weighted by Gasteiger charge is -2.26. The first-order chi connectivity index (χ1) is 12.3. The molecule has 0 aliphatic carbocycles. The number of thiophene rings is 1. The van der Waals surface area contributed by atoms with Gasteiger partial charge in [-0.05, 0) is 36.4 Å². The van der Waals surface area contributed by atoms with Gasteiger partial charge in [0.25, 0.3) is 10.0 Å². The van der Waals surface area contributed by atoms with Crippen molar-refractivity contribution in [2.24, 2.45) is 5.92 Å². The fourth-order valence-corrected chi connectivity index (χ4v) is 4.79. The SMILES string of the molecule is COc1ccccc1N(CC(=O)N[C@H](C)C(C)C)S(=O)(=O)c1cccs1. The average molecular weight is 397 g/mol. The van der Waals surface area contributed by atoms with E-state index in [1.54, 1.807) is 35.7 Å². The van der Waals surface area contributed by atoms with Gasteiger partial charge in [0.2, 0.25) is 5.91 Å². The largest absolute Gasteiger partial charge is 0.495 e. The summed E-state index contributed by atoms with van der Waals surface area (Å²) < 4.78 is 32.8. The Kier molecular flexibility index (Phi) is 6.66. The van der Waals surface area contributed by atoms with Crippen molar-refractivity contribution in [1.29, 1.82) is 0 Å². The molecule has 1 amide bonds. The second kappa shape index (κ2) is 8.55. The molecule has 26 heavy (non-hydrogen) atoms. The molecular formula is C18H24N2O4S2. The number of carbonyl (C=O) groups is 1. The minimum Gasteiger partial charge on any atom is -0.495 e. The van der Waals surface area contributed by atoms with Crippen molar-refractivity contribution < 1.29 is 17.9 Å². The number of nitrogens with one attached hydrogen (secondary N) is 1. The smallest absolute Gasteiger partial charge is 0.274 e. The lowest BCUT2D eigenvalue weighted by molar-refractivity contribution is -0.120. The van der Waals surface area contributed by atoms with E-state index in [0.29, 0.717) is 11.4 Å². The van der Waals surface area contributed by atoms with E-state index in [-0.39, 0.29) is 28.6 Å². The van der Waals surface area contributed by atoms with Crippen LogP contribution in [0, 0.1) is 5.92 Å². The molecular weight excluding hydrogens is 372 g/mol. The Labute approximate surface area is 158 Å². The number of hydrogen-bond donors (Lipinski definition) is 1. The highest BCUT2D eigenvalue weighted by Crippen LogP contribution is 2.33. The summed E-state index contributed by atoms with van der Waals surface area (Å²) in [4.78, 5) is 12.5. The first-order valence-electron chi connectivity index (χ1n) is 8.26. The second-order valence-electron chi connectivity index (χ2n) is 6.22. The van der Waals surface area contributed by atoms with E-state index in [1.807, 2.05) is 20.8 Å². The number of anilines is 1. The topological polar surface area (TPSA) is 75.7 Å². The Morgan fingerprint density at radius 2 is 1.88 bits per heavy atom. The first kappa shape index (κ1) is 20.3. The summed E-state index contributed by atoms with van der Waals surface area (Å²) in [6.45, 7) is 5.55. The highest BCUT2D eigenvalue weighted by Gasteiger charge is 2.30. The van der Waals surface area contributed by atoms with Crippen molar-refractivity contribution in [3.8, 4) is 5.75 Å². The van der Waals surface area contributed by atoms with Crippen LogP contribution in [-0.4, -0.2) is 34.0 Å². The van der Waals surface area contributed by atoms with Crippen LogP contribution in [0.2, 0.25) is 0 Å². The summed E-state index contributed by atoms with van der Waals surface area (Å²) in [6.07, 6.45) is 0. The summed E-state index contributed by atoms with van der Waals surface area (Å²) >= 11 is 1.11. The van der Waals surface area contributed by atoms with E-state index in [4.69, 9.17) is 4.74 Å². The molecule has 0 saturated heterocycles. The van der Waals surface area contributed by atoms with Crippen LogP contribution in [0.1, 0.15) is 20.8 Å². The van der Waals surface area contributed by atoms with E-state index < -0.39 is 10.0 Å². The van der Waals surface area contributed by atoms with Gasteiger partial charge in [-0.2, -0.15) is 0 Å². The summed E-state index contributed by atoms with van der Waals surface area (Å²) in [5.41, 5.74) is 0.329. The van der Waals surface area contributed by atoms with Crippen LogP contribution in [-0.2, 0) is 14.8 Å². The van der Waals surface area contributed by atoms with E-state index >= 15 is 0 Å². The van der Waals surface area contributed by atoms with Crippen LogP contribution in [0.3, 0.4) is 0 Å². The van der Waals surface area contributed by atoms with Crippen LogP contribution >= 0.6 is 11.3 Å². The third-order valence-electron chi connectivity index (χ3n) is 4.07. The van der Waals surface area contributed by atoms with Crippen molar-refractivity contribution in [3.05, 3.63) is 41.8 Å². The molecule has 2 aromatic rings. The minimum absolute atomic E-state index is 0.0635. The molecule has 1 aromatic carbocycles. The number of carbonyl (C=O) groups excluding carboxylic acids is 1. The molecule has 0 bridgehead atoms. The number of sulfonamides is 1. The van der Waals surface area contributed by atoms with Gasteiger partial charge >= 0.3 is 0 Å². The minimum atomic E-state index is -3.88. The molecule has 0 fully saturated rings. The molecule has 1 aromatic heterocycles. The van der Waals surface area contributed by atoms with Crippen molar-refractivity contribution in [3.63, 3.8) is 0 Å². The van der Waals surface area contributed by atoms with Gasteiger partial charge in [-0.15, -0.1) is 11.3 Å². The van der Waals surface area contributed by atoms with Gasteiger partial charge in [0, 0.05) is 6.04 Å². The fourth-order valence-electron chi connectivity index (χ4n) is 2.25. The molecule has 0 aliphatic heterocycles. The molecule has 0 spiro atoms. The van der Waals surface area contributed by atoms with Gasteiger partial charge in [0.1, 0.15) is 16.5 Å². The van der Waals surface area contributed by atoms with Gasteiger partial charge < -0.3 is 10.1 Å². The van der Waals surface area contributed by atoms with Crippen LogP contribution < -0.4 is 14.4 Å². The molecule has 1 atom stereocenters. The quantitative estimate of drug-likeness (QED) is 0.744. The number of nitrogens with zero attached hydrogens (tertiary/aromatic N) is 1. The van der Waals surface area contributed by atoms with Gasteiger partial charge in [0.15, 0.2) is 0 Å². The molecule has 0 radical (unpaired) electrons.